The van der Waals surface area contributed by atoms with E-state index < -0.39 is 5.97 Å². The van der Waals surface area contributed by atoms with E-state index in [4.69, 9.17) is 5.11 Å². The van der Waals surface area contributed by atoms with Gasteiger partial charge in [-0.2, -0.15) is 0 Å². The second-order valence-corrected chi connectivity index (χ2v) is 5.60. The number of halogens is 1. The van der Waals surface area contributed by atoms with Gasteiger partial charge in [-0.15, -0.1) is 0 Å². The highest BCUT2D eigenvalue weighted by atomic mass is 79.9. The highest BCUT2D eigenvalue weighted by Crippen LogP contribution is 2.30. The van der Waals surface area contributed by atoms with E-state index in [9.17, 15) is 4.79 Å². The molecule has 0 fully saturated rings. The van der Waals surface area contributed by atoms with Crippen LogP contribution in [0.25, 0.3) is 10.8 Å². The predicted octanol–water partition coefficient (Wildman–Crippen LogP) is 3.69. The lowest BCUT2D eigenvalue weighted by Gasteiger charge is -2.29. The Hall–Kier alpha value is -1.62. The number of nitrogens with zero attached hydrogens (tertiary/aromatic N) is 2. The first-order valence-electron chi connectivity index (χ1n) is 6.56. The number of fused-ring (bicyclic) bond motifs is 1. The first-order chi connectivity index (χ1) is 9.54. The van der Waals surface area contributed by atoms with E-state index in [1.165, 1.54) is 0 Å². The quantitative estimate of drug-likeness (QED) is 0.904. The summed E-state index contributed by atoms with van der Waals surface area (Å²) >= 11 is 3.52. The molecule has 4 nitrogen and oxygen atoms in total. The van der Waals surface area contributed by atoms with Gasteiger partial charge in [-0.1, -0.05) is 35.0 Å². The second kappa shape index (κ2) is 6.22. The van der Waals surface area contributed by atoms with Crippen LogP contribution in [0, 0.1) is 0 Å². The molecule has 0 aliphatic heterocycles. The predicted molar refractivity (Wildman–Crippen MR) is 84.2 cm³/mol. The summed E-state index contributed by atoms with van der Waals surface area (Å²) in [4.78, 5) is 17.4. The highest BCUT2D eigenvalue weighted by molar-refractivity contribution is 9.10. The Balaban J connectivity index is 2.58. The van der Waals surface area contributed by atoms with Gasteiger partial charge >= 0.3 is 5.97 Å². The van der Waals surface area contributed by atoms with Crippen LogP contribution in [-0.4, -0.2) is 28.6 Å². The molecule has 1 heterocycles. The maximum atomic E-state index is 11.1. The van der Waals surface area contributed by atoms with Crippen LogP contribution in [0.1, 0.15) is 20.3 Å². The molecule has 1 aromatic carbocycles. The molecule has 0 saturated heterocycles. The summed E-state index contributed by atoms with van der Waals surface area (Å²) < 4.78 is 0.984. The molecule has 0 radical (unpaired) electrons. The fourth-order valence-electron chi connectivity index (χ4n) is 2.19. The Morgan fingerprint density at radius 3 is 2.80 bits per heavy atom. The van der Waals surface area contributed by atoms with Crippen molar-refractivity contribution in [1.29, 1.82) is 0 Å². The minimum atomic E-state index is -0.848. The van der Waals surface area contributed by atoms with E-state index in [1.807, 2.05) is 43.0 Å². The first kappa shape index (κ1) is 14.8. The van der Waals surface area contributed by atoms with Gasteiger partial charge in [-0.3, -0.25) is 4.79 Å². The molecule has 0 saturated carbocycles. The number of carboxylic acid groups (broad SMARTS) is 1. The fraction of sp³-hybridized carbons (Fsp3) is 0.333. The van der Waals surface area contributed by atoms with E-state index in [1.54, 1.807) is 6.20 Å². The normalized spacial score (nSPS) is 12.3. The molecule has 0 amide bonds. The number of carbonyl (C=O) groups is 1. The van der Waals surface area contributed by atoms with Crippen molar-refractivity contribution in [2.24, 2.45) is 0 Å². The minimum Gasteiger partial charge on any atom is -0.480 e. The maximum absolute atomic E-state index is 11.1. The summed E-state index contributed by atoms with van der Waals surface area (Å²) in [5, 5.41) is 11.1. The van der Waals surface area contributed by atoms with Gasteiger partial charge < -0.3 is 10.0 Å². The summed E-state index contributed by atoms with van der Waals surface area (Å²) in [5.74, 6) is -0.125. The number of anilines is 1. The smallest absolute Gasteiger partial charge is 0.323 e. The van der Waals surface area contributed by atoms with Crippen LogP contribution in [0.2, 0.25) is 0 Å². The van der Waals surface area contributed by atoms with Crippen LogP contribution in [0.4, 0.5) is 5.82 Å². The lowest BCUT2D eigenvalue weighted by atomic mass is 10.1. The van der Waals surface area contributed by atoms with Crippen LogP contribution in [-0.2, 0) is 4.79 Å². The third-order valence-corrected chi connectivity index (χ3v) is 4.12. The summed E-state index contributed by atoms with van der Waals surface area (Å²) in [6.07, 6.45) is 2.58. The topological polar surface area (TPSA) is 53.4 Å². The number of benzene rings is 1. The van der Waals surface area contributed by atoms with Crippen LogP contribution < -0.4 is 4.90 Å². The highest BCUT2D eigenvalue weighted by Gasteiger charge is 2.19. The molecule has 20 heavy (non-hydrogen) atoms. The maximum Gasteiger partial charge on any atom is 0.323 e. The molecular formula is C15H17BrN2O2. The lowest BCUT2D eigenvalue weighted by Crippen LogP contribution is -2.37. The third-order valence-electron chi connectivity index (χ3n) is 3.43. The molecule has 1 atom stereocenters. The number of carboxylic acids is 1. The number of pyridine rings is 1. The van der Waals surface area contributed by atoms with Gasteiger partial charge in [0.05, 0.1) is 0 Å². The molecule has 0 bridgehead atoms. The van der Waals surface area contributed by atoms with Gasteiger partial charge in [0, 0.05) is 27.5 Å². The van der Waals surface area contributed by atoms with E-state index in [0.29, 0.717) is 0 Å². The van der Waals surface area contributed by atoms with E-state index in [0.717, 1.165) is 27.5 Å². The summed E-state index contributed by atoms with van der Waals surface area (Å²) in [6, 6.07) is 7.92. The Labute approximate surface area is 126 Å². The largest absolute Gasteiger partial charge is 0.480 e. The van der Waals surface area contributed by atoms with Gasteiger partial charge in [-0.25, -0.2) is 4.98 Å². The van der Waals surface area contributed by atoms with Crippen molar-refractivity contribution in [3.05, 3.63) is 34.9 Å². The van der Waals surface area contributed by atoms with Gasteiger partial charge in [0.1, 0.15) is 12.4 Å². The minimum absolute atomic E-state index is 0.0480. The Bertz CT molecular complexity index is 630. The zero-order chi connectivity index (χ0) is 14.7. The molecule has 1 aromatic heterocycles. The van der Waals surface area contributed by atoms with E-state index >= 15 is 0 Å². The zero-order valence-electron chi connectivity index (χ0n) is 11.5. The molecule has 0 spiro atoms. The lowest BCUT2D eigenvalue weighted by molar-refractivity contribution is -0.135. The third kappa shape index (κ3) is 2.93. The van der Waals surface area contributed by atoms with Crippen molar-refractivity contribution >= 4 is 38.5 Å². The van der Waals surface area contributed by atoms with Crippen molar-refractivity contribution in [3.8, 4) is 0 Å². The number of aromatic nitrogens is 1. The zero-order valence-corrected chi connectivity index (χ0v) is 13.1. The molecular weight excluding hydrogens is 320 g/mol. The molecule has 1 unspecified atom stereocenters. The molecule has 1 N–H and O–H groups in total. The van der Waals surface area contributed by atoms with Crippen LogP contribution >= 0.6 is 15.9 Å². The molecule has 0 aliphatic rings. The van der Waals surface area contributed by atoms with Crippen LogP contribution in [0.15, 0.2) is 34.9 Å². The SMILES string of the molecule is CCC(C)N(CC(=O)O)c1nccc2c(Br)cccc12. The summed E-state index contributed by atoms with van der Waals surface area (Å²) in [5.41, 5.74) is 0. The average Bonchev–Trinajstić information content (AvgIpc) is 2.44. The van der Waals surface area contributed by atoms with Crippen LogP contribution in [0.3, 0.4) is 0 Å². The first-order valence-corrected chi connectivity index (χ1v) is 7.35. The summed E-state index contributed by atoms with van der Waals surface area (Å²) in [7, 11) is 0. The number of aliphatic carboxylic acids is 1. The van der Waals surface area contributed by atoms with Crippen molar-refractivity contribution in [3.63, 3.8) is 0 Å². The Kier molecular flexibility index (Phi) is 4.60. The van der Waals surface area contributed by atoms with Crippen molar-refractivity contribution in [2.45, 2.75) is 26.3 Å². The van der Waals surface area contributed by atoms with Crippen molar-refractivity contribution < 1.29 is 9.90 Å². The Morgan fingerprint density at radius 2 is 2.15 bits per heavy atom. The van der Waals surface area contributed by atoms with E-state index in [2.05, 4.69) is 20.9 Å². The number of rotatable bonds is 5. The molecule has 2 rings (SSSR count). The van der Waals surface area contributed by atoms with Crippen LogP contribution in [0.5, 0.6) is 0 Å². The van der Waals surface area contributed by atoms with Gasteiger partial charge in [0.25, 0.3) is 0 Å². The monoisotopic (exact) mass is 336 g/mol. The molecule has 0 aliphatic carbocycles. The standard InChI is InChI=1S/C15H17BrN2O2/c1-3-10(2)18(9-14(19)20)15-12-5-4-6-13(16)11(12)7-8-17-15/h4-8,10H,3,9H2,1-2H3,(H,19,20). The number of hydrogen-bond acceptors (Lipinski definition) is 3. The summed E-state index contributed by atoms with van der Waals surface area (Å²) in [6.45, 7) is 4.01. The van der Waals surface area contributed by atoms with Crippen molar-refractivity contribution in [1.82, 2.24) is 4.98 Å². The second-order valence-electron chi connectivity index (χ2n) is 4.75. The Morgan fingerprint density at radius 1 is 1.40 bits per heavy atom. The van der Waals surface area contributed by atoms with Gasteiger partial charge in [0.15, 0.2) is 0 Å². The van der Waals surface area contributed by atoms with Gasteiger partial charge in [-0.05, 0) is 25.5 Å². The van der Waals surface area contributed by atoms with E-state index in [-0.39, 0.29) is 12.6 Å². The molecule has 2 aromatic rings. The molecule has 5 heteroatoms. The fourth-order valence-corrected chi connectivity index (χ4v) is 2.69. The molecule has 106 valence electrons. The van der Waals surface area contributed by atoms with Gasteiger partial charge in [0.2, 0.25) is 0 Å². The van der Waals surface area contributed by atoms with Crippen molar-refractivity contribution in [2.75, 3.05) is 11.4 Å². The average molecular weight is 337 g/mol. The number of hydrogen-bond donors (Lipinski definition) is 1.